The van der Waals surface area contributed by atoms with Crippen molar-refractivity contribution in [2.24, 2.45) is 0 Å². The maximum absolute atomic E-state index is 12.5. The van der Waals surface area contributed by atoms with Crippen LogP contribution >= 0.6 is 11.6 Å². The molecule has 0 fully saturated rings. The van der Waals surface area contributed by atoms with Gasteiger partial charge in [-0.2, -0.15) is 0 Å². The van der Waals surface area contributed by atoms with Gasteiger partial charge in [-0.25, -0.2) is 4.79 Å². The number of Topliss-reactive ketones (excluding diaryl/α,β-unsaturated/α-hetero) is 1. The first-order valence-corrected chi connectivity index (χ1v) is 8.36. The van der Waals surface area contributed by atoms with Crippen molar-refractivity contribution in [2.45, 2.75) is 20.8 Å². The molecule has 0 heterocycles. The van der Waals surface area contributed by atoms with Crippen LogP contribution in [0.3, 0.4) is 0 Å². The highest BCUT2D eigenvalue weighted by Gasteiger charge is 2.19. The molecule has 0 aliphatic carbocycles. The fourth-order valence-electron chi connectivity index (χ4n) is 2.94. The quantitative estimate of drug-likeness (QED) is 0.555. The summed E-state index contributed by atoms with van der Waals surface area (Å²) in [6.45, 7) is 5.34. The normalized spacial score (nSPS) is 10.4. The maximum Gasteiger partial charge on any atom is 0.338 e. The molecule has 0 N–H and O–H groups in total. The molecular weight excluding hydrogens is 356 g/mol. The Labute approximate surface area is 157 Å². The van der Waals surface area contributed by atoms with Crippen LogP contribution in [0.25, 0.3) is 0 Å². The molecule has 0 bridgehead atoms. The number of benzene rings is 2. The molecule has 5 nitrogen and oxygen atoms in total. The van der Waals surface area contributed by atoms with Gasteiger partial charge in [-0.15, -0.1) is 0 Å². The van der Waals surface area contributed by atoms with Crippen molar-refractivity contribution in [3.05, 3.63) is 57.1 Å². The average molecular weight is 377 g/mol. The highest BCUT2D eigenvalue weighted by atomic mass is 35.5. The summed E-state index contributed by atoms with van der Waals surface area (Å²) in [4.78, 5) is 24.8. The number of carbonyl (C=O) groups is 2. The Bertz CT molecular complexity index is 835. The minimum atomic E-state index is -0.663. The molecule has 2 rings (SSSR count). The molecule has 0 amide bonds. The number of halogens is 1. The summed E-state index contributed by atoms with van der Waals surface area (Å²) in [6.07, 6.45) is 0. The van der Waals surface area contributed by atoms with Crippen molar-refractivity contribution in [1.29, 1.82) is 0 Å². The molecule has 6 heteroatoms. The van der Waals surface area contributed by atoms with Crippen LogP contribution in [-0.4, -0.2) is 32.6 Å². The Kier molecular flexibility index (Phi) is 6.27. The molecule has 2 aromatic rings. The zero-order valence-electron chi connectivity index (χ0n) is 15.4. The molecule has 0 aromatic heterocycles. The lowest BCUT2D eigenvalue weighted by atomic mass is 9.97. The van der Waals surface area contributed by atoms with Crippen LogP contribution in [0.1, 0.15) is 37.4 Å². The molecule has 2 aromatic carbocycles. The van der Waals surface area contributed by atoms with Crippen molar-refractivity contribution in [3.63, 3.8) is 0 Å². The molecule has 26 heavy (non-hydrogen) atoms. The van der Waals surface area contributed by atoms with E-state index < -0.39 is 5.97 Å². The van der Waals surface area contributed by atoms with Crippen LogP contribution in [0.5, 0.6) is 11.5 Å². The fraction of sp³-hybridized carbons (Fsp3) is 0.300. The lowest BCUT2D eigenvalue weighted by molar-refractivity contribution is 0.0474. The SMILES string of the molecule is COc1cc(C(=O)OCC(=O)c2c(C)cc(C)cc2C)cc(Cl)c1OC. The van der Waals surface area contributed by atoms with Gasteiger partial charge in [-0.1, -0.05) is 29.3 Å². The second kappa shape index (κ2) is 8.23. The van der Waals surface area contributed by atoms with E-state index in [2.05, 4.69) is 0 Å². The number of methoxy groups -OCH3 is 2. The maximum atomic E-state index is 12.5. The zero-order valence-corrected chi connectivity index (χ0v) is 16.2. The number of rotatable bonds is 6. The number of hydrogen-bond acceptors (Lipinski definition) is 5. The summed E-state index contributed by atoms with van der Waals surface area (Å²) in [5.41, 5.74) is 3.55. The van der Waals surface area contributed by atoms with Crippen molar-refractivity contribution in [1.82, 2.24) is 0 Å². The average Bonchev–Trinajstić information content (AvgIpc) is 2.57. The minimum Gasteiger partial charge on any atom is -0.493 e. The van der Waals surface area contributed by atoms with E-state index in [1.54, 1.807) is 0 Å². The van der Waals surface area contributed by atoms with Gasteiger partial charge < -0.3 is 14.2 Å². The van der Waals surface area contributed by atoms with Crippen LogP contribution in [0.15, 0.2) is 24.3 Å². The predicted molar refractivity (Wildman–Crippen MR) is 99.8 cm³/mol. The van der Waals surface area contributed by atoms with Crippen molar-refractivity contribution < 1.29 is 23.8 Å². The van der Waals surface area contributed by atoms with E-state index in [1.165, 1.54) is 26.4 Å². The van der Waals surface area contributed by atoms with E-state index in [1.807, 2.05) is 32.9 Å². The lowest BCUT2D eigenvalue weighted by Crippen LogP contribution is -2.16. The lowest BCUT2D eigenvalue weighted by Gasteiger charge is -2.12. The molecule has 0 aliphatic rings. The predicted octanol–water partition coefficient (Wildman–Crippen LogP) is 4.32. The first-order chi connectivity index (χ1) is 12.3. The van der Waals surface area contributed by atoms with E-state index in [0.29, 0.717) is 17.1 Å². The van der Waals surface area contributed by atoms with Crippen molar-refractivity contribution >= 4 is 23.4 Å². The van der Waals surface area contributed by atoms with Crippen LogP contribution in [0.4, 0.5) is 0 Å². The first kappa shape index (κ1) is 19.8. The van der Waals surface area contributed by atoms with Gasteiger partial charge in [0.1, 0.15) is 0 Å². The Balaban J connectivity index is 2.17. The van der Waals surface area contributed by atoms with Gasteiger partial charge in [0.15, 0.2) is 18.1 Å². The van der Waals surface area contributed by atoms with E-state index in [0.717, 1.165) is 16.7 Å². The number of carbonyl (C=O) groups excluding carboxylic acids is 2. The molecular formula is C20H21ClO5. The van der Waals surface area contributed by atoms with E-state index in [-0.39, 0.29) is 23.0 Å². The summed E-state index contributed by atoms with van der Waals surface area (Å²) in [6, 6.07) is 6.73. The van der Waals surface area contributed by atoms with Crippen LogP contribution < -0.4 is 9.47 Å². The number of ketones is 1. The van der Waals surface area contributed by atoms with E-state index >= 15 is 0 Å². The van der Waals surface area contributed by atoms with Gasteiger partial charge in [0.2, 0.25) is 5.78 Å². The molecule has 0 aliphatic heterocycles. The van der Waals surface area contributed by atoms with Gasteiger partial charge >= 0.3 is 5.97 Å². The van der Waals surface area contributed by atoms with Gasteiger partial charge in [-0.05, 0) is 44.0 Å². The van der Waals surface area contributed by atoms with E-state index in [9.17, 15) is 9.59 Å². The number of esters is 1. The number of ether oxygens (including phenoxy) is 3. The van der Waals surface area contributed by atoms with Crippen molar-refractivity contribution in [2.75, 3.05) is 20.8 Å². The molecule has 0 saturated heterocycles. The van der Waals surface area contributed by atoms with Crippen LogP contribution in [0, 0.1) is 20.8 Å². The summed E-state index contributed by atoms with van der Waals surface area (Å²) in [5, 5.41) is 0.218. The van der Waals surface area contributed by atoms with Crippen LogP contribution in [0.2, 0.25) is 5.02 Å². The third kappa shape index (κ3) is 4.17. The summed E-state index contributed by atoms with van der Waals surface area (Å²) in [5.74, 6) is -0.278. The number of aryl methyl sites for hydroxylation is 3. The van der Waals surface area contributed by atoms with Crippen LogP contribution in [-0.2, 0) is 4.74 Å². The minimum absolute atomic E-state index is 0.179. The molecule has 0 atom stereocenters. The summed E-state index contributed by atoms with van der Waals surface area (Å²) < 4.78 is 15.5. The van der Waals surface area contributed by atoms with Gasteiger partial charge in [0.05, 0.1) is 24.8 Å². The Hall–Kier alpha value is -2.53. The van der Waals surface area contributed by atoms with E-state index in [4.69, 9.17) is 25.8 Å². The summed E-state index contributed by atoms with van der Waals surface area (Å²) in [7, 11) is 2.89. The van der Waals surface area contributed by atoms with Crippen molar-refractivity contribution in [3.8, 4) is 11.5 Å². The third-order valence-electron chi connectivity index (χ3n) is 3.96. The smallest absolute Gasteiger partial charge is 0.338 e. The second-order valence-electron chi connectivity index (χ2n) is 5.97. The molecule has 138 valence electrons. The Morgan fingerprint density at radius 1 is 0.962 bits per heavy atom. The zero-order chi connectivity index (χ0) is 19.4. The summed E-state index contributed by atoms with van der Waals surface area (Å²) >= 11 is 6.09. The highest BCUT2D eigenvalue weighted by molar-refractivity contribution is 6.32. The van der Waals surface area contributed by atoms with Gasteiger partial charge in [0.25, 0.3) is 0 Å². The molecule has 0 saturated carbocycles. The Morgan fingerprint density at radius 2 is 1.58 bits per heavy atom. The Morgan fingerprint density at radius 3 is 2.12 bits per heavy atom. The largest absolute Gasteiger partial charge is 0.493 e. The number of hydrogen-bond donors (Lipinski definition) is 0. The standard InChI is InChI=1S/C20H21ClO5/c1-11-6-12(2)18(13(3)7-11)16(22)10-26-20(23)14-8-15(21)19(25-5)17(9-14)24-4/h6-9H,10H2,1-5H3. The third-order valence-corrected chi connectivity index (χ3v) is 4.24. The second-order valence-corrected chi connectivity index (χ2v) is 6.37. The van der Waals surface area contributed by atoms with Gasteiger partial charge in [-0.3, -0.25) is 4.79 Å². The molecule has 0 spiro atoms. The monoisotopic (exact) mass is 376 g/mol. The topological polar surface area (TPSA) is 61.8 Å². The highest BCUT2D eigenvalue weighted by Crippen LogP contribution is 2.36. The first-order valence-electron chi connectivity index (χ1n) is 7.98. The molecule has 0 radical (unpaired) electrons. The molecule has 0 unspecified atom stereocenters. The fourth-order valence-corrected chi connectivity index (χ4v) is 3.23. The van der Waals surface area contributed by atoms with Gasteiger partial charge in [0, 0.05) is 5.56 Å².